The van der Waals surface area contributed by atoms with E-state index in [-0.39, 0.29) is 17.4 Å². The number of anilines is 2. The van der Waals surface area contributed by atoms with E-state index in [4.69, 9.17) is 10.00 Å². The van der Waals surface area contributed by atoms with Crippen molar-refractivity contribution in [3.8, 4) is 6.07 Å². The van der Waals surface area contributed by atoms with Gasteiger partial charge in [-0.2, -0.15) is 9.65 Å². The Labute approximate surface area is 185 Å². The molecule has 32 heavy (non-hydrogen) atoms. The third-order valence-corrected chi connectivity index (χ3v) is 5.79. The summed E-state index contributed by atoms with van der Waals surface area (Å²) >= 11 is 0. The van der Waals surface area contributed by atoms with Gasteiger partial charge in [-0.15, -0.1) is 0 Å². The molecular weight excluding hydrogens is 415 g/mol. The van der Waals surface area contributed by atoms with Crippen LogP contribution in [0.4, 0.5) is 20.6 Å². The van der Waals surface area contributed by atoms with Gasteiger partial charge in [0.1, 0.15) is 17.5 Å². The molecule has 3 N–H and O–H groups in total. The summed E-state index contributed by atoms with van der Waals surface area (Å²) in [5, 5.41) is 17.5. The van der Waals surface area contributed by atoms with Crippen LogP contribution in [0.1, 0.15) is 53.6 Å². The Hall–Kier alpha value is -3.45. The van der Waals surface area contributed by atoms with E-state index >= 15 is 0 Å². The molecule has 3 amide bonds. The molecule has 2 aliphatic rings. The number of fused-ring (bicyclic) bond motifs is 1. The van der Waals surface area contributed by atoms with Crippen molar-refractivity contribution in [3.63, 3.8) is 0 Å². The van der Waals surface area contributed by atoms with E-state index in [0.29, 0.717) is 36.7 Å². The lowest BCUT2D eigenvalue weighted by atomic mass is 10.0. The van der Waals surface area contributed by atoms with Gasteiger partial charge in [-0.05, 0) is 39.2 Å². The van der Waals surface area contributed by atoms with Crippen molar-refractivity contribution in [2.75, 3.05) is 23.8 Å². The van der Waals surface area contributed by atoms with Gasteiger partial charge in [-0.25, -0.2) is 9.78 Å². The molecule has 2 aromatic rings. The first kappa shape index (κ1) is 21.8. The van der Waals surface area contributed by atoms with Crippen molar-refractivity contribution in [2.45, 2.75) is 51.6 Å². The van der Waals surface area contributed by atoms with Crippen LogP contribution in [-0.2, 0) is 17.7 Å². The maximum atomic E-state index is 13.7. The number of halogens is 1. The highest BCUT2D eigenvalue weighted by atomic mass is 19.1. The Morgan fingerprint density at radius 1 is 1.25 bits per heavy atom. The van der Waals surface area contributed by atoms with Crippen LogP contribution in [-0.4, -0.2) is 40.2 Å². The molecule has 1 fully saturated rings. The van der Waals surface area contributed by atoms with Gasteiger partial charge in [0, 0.05) is 29.6 Å². The average molecular weight is 440 g/mol. The SMILES string of the molecule is Cc1c(NC(=O)NC2(C)COC2)c2n(c1C(=O)Nc1cc(F)nc(C#N)c1)CCCCC2. The van der Waals surface area contributed by atoms with Crippen LogP contribution >= 0.6 is 0 Å². The van der Waals surface area contributed by atoms with Gasteiger partial charge in [0.05, 0.1) is 24.4 Å². The topological polar surface area (TPSA) is 121 Å². The van der Waals surface area contributed by atoms with E-state index in [1.165, 1.54) is 6.07 Å². The van der Waals surface area contributed by atoms with Crippen molar-refractivity contribution in [3.05, 3.63) is 40.7 Å². The molecule has 0 bridgehead atoms. The Balaban J connectivity index is 1.64. The van der Waals surface area contributed by atoms with E-state index in [1.54, 1.807) is 13.0 Å². The number of pyridine rings is 1. The summed E-state index contributed by atoms with van der Waals surface area (Å²) in [4.78, 5) is 29.3. The van der Waals surface area contributed by atoms with Crippen LogP contribution in [0.5, 0.6) is 0 Å². The number of nitrogens with zero attached hydrogens (tertiary/aromatic N) is 3. The summed E-state index contributed by atoms with van der Waals surface area (Å²) in [5.74, 6) is -1.29. The third kappa shape index (κ3) is 4.29. The fourth-order valence-corrected chi connectivity index (χ4v) is 4.23. The maximum Gasteiger partial charge on any atom is 0.319 e. The molecule has 0 spiro atoms. The number of ether oxygens (including phenoxy) is 1. The number of amides is 3. The molecular formula is C22H25FN6O3. The molecule has 1 saturated heterocycles. The molecule has 168 valence electrons. The molecule has 0 aliphatic carbocycles. The summed E-state index contributed by atoms with van der Waals surface area (Å²) in [6, 6.07) is 3.80. The van der Waals surface area contributed by atoms with Crippen LogP contribution < -0.4 is 16.0 Å². The zero-order chi connectivity index (χ0) is 22.9. The first-order valence-electron chi connectivity index (χ1n) is 10.6. The van der Waals surface area contributed by atoms with E-state index in [2.05, 4.69) is 20.9 Å². The quantitative estimate of drug-likeness (QED) is 0.631. The van der Waals surface area contributed by atoms with Crippen LogP contribution in [0, 0.1) is 24.2 Å². The van der Waals surface area contributed by atoms with Crippen molar-refractivity contribution < 1.29 is 18.7 Å². The highest BCUT2D eigenvalue weighted by Gasteiger charge is 2.35. The molecule has 2 aliphatic heterocycles. The number of hydrogen-bond donors (Lipinski definition) is 3. The van der Waals surface area contributed by atoms with Crippen LogP contribution in [0.3, 0.4) is 0 Å². The first-order valence-corrected chi connectivity index (χ1v) is 10.6. The maximum absolute atomic E-state index is 13.7. The summed E-state index contributed by atoms with van der Waals surface area (Å²) in [5.41, 5.74) is 2.18. The van der Waals surface area contributed by atoms with Gasteiger partial charge in [0.2, 0.25) is 5.95 Å². The second kappa shape index (κ2) is 8.59. The third-order valence-electron chi connectivity index (χ3n) is 5.79. The molecule has 2 aromatic heterocycles. The van der Waals surface area contributed by atoms with Gasteiger partial charge in [-0.3, -0.25) is 4.79 Å². The predicted molar refractivity (Wildman–Crippen MR) is 115 cm³/mol. The van der Waals surface area contributed by atoms with Crippen LogP contribution in [0.15, 0.2) is 12.1 Å². The minimum atomic E-state index is -0.849. The zero-order valence-corrected chi connectivity index (χ0v) is 18.0. The molecule has 0 radical (unpaired) electrons. The summed E-state index contributed by atoms with van der Waals surface area (Å²) in [7, 11) is 0. The average Bonchev–Trinajstić information content (AvgIpc) is 2.86. The summed E-state index contributed by atoms with van der Waals surface area (Å²) in [6.45, 7) is 5.24. The minimum absolute atomic E-state index is 0.126. The van der Waals surface area contributed by atoms with Gasteiger partial charge < -0.3 is 25.3 Å². The largest absolute Gasteiger partial charge is 0.376 e. The number of carbonyl (C=O) groups excluding carboxylic acids is 2. The lowest BCUT2D eigenvalue weighted by Crippen LogP contribution is -2.60. The second-order valence-electron chi connectivity index (χ2n) is 8.52. The number of rotatable bonds is 4. The second-order valence-corrected chi connectivity index (χ2v) is 8.52. The lowest BCUT2D eigenvalue weighted by molar-refractivity contribution is -0.0567. The van der Waals surface area contributed by atoms with Crippen molar-refractivity contribution in [1.82, 2.24) is 14.9 Å². The fraction of sp³-hybridized carbons (Fsp3) is 0.455. The number of hydrogen-bond acceptors (Lipinski definition) is 5. The van der Waals surface area contributed by atoms with Crippen LogP contribution in [0.2, 0.25) is 0 Å². The first-order chi connectivity index (χ1) is 15.3. The highest BCUT2D eigenvalue weighted by Crippen LogP contribution is 2.33. The van der Waals surface area contributed by atoms with E-state index in [0.717, 1.165) is 37.4 Å². The number of nitriles is 1. The van der Waals surface area contributed by atoms with E-state index in [9.17, 15) is 14.0 Å². The highest BCUT2D eigenvalue weighted by molar-refractivity contribution is 6.06. The van der Waals surface area contributed by atoms with Gasteiger partial charge in [0.25, 0.3) is 5.91 Å². The molecule has 9 nitrogen and oxygen atoms in total. The molecule has 10 heteroatoms. The Morgan fingerprint density at radius 3 is 2.72 bits per heavy atom. The number of carbonyl (C=O) groups is 2. The van der Waals surface area contributed by atoms with Gasteiger partial charge >= 0.3 is 6.03 Å². The molecule has 4 rings (SSSR count). The molecule has 0 aromatic carbocycles. The Kier molecular flexibility index (Phi) is 5.84. The molecule has 0 atom stereocenters. The molecule has 4 heterocycles. The lowest BCUT2D eigenvalue weighted by Gasteiger charge is -2.38. The smallest absolute Gasteiger partial charge is 0.319 e. The predicted octanol–water partition coefficient (Wildman–Crippen LogP) is 3.09. The normalized spacial score (nSPS) is 16.7. The summed E-state index contributed by atoms with van der Waals surface area (Å²) in [6.07, 6.45) is 3.61. The Morgan fingerprint density at radius 2 is 2.03 bits per heavy atom. The van der Waals surface area contributed by atoms with Gasteiger partial charge in [-0.1, -0.05) is 6.42 Å². The Bertz CT molecular complexity index is 1120. The van der Waals surface area contributed by atoms with Crippen molar-refractivity contribution in [2.24, 2.45) is 0 Å². The van der Waals surface area contributed by atoms with Crippen LogP contribution in [0.25, 0.3) is 0 Å². The van der Waals surface area contributed by atoms with Crippen molar-refractivity contribution >= 4 is 23.3 Å². The zero-order valence-electron chi connectivity index (χ0n) is 18.0. The molecule has 0 saturated carbocycles. The van der Waals surface area contributed by atoms with Gasteiger partial charge in [0.15, 0.2) is 0 Å². The number of aromatic nitrogens is 2. The summed E-state index contributed by atoms with van der Waals surface area (Å²) < 4.78 is 20.8. The van der Waals surface area contributed by atoms with E-state index in [1.807, 2.05) is 11.5 Å². The van der Waals surface area contributed by atoms with Crippen molar-refractivity contribution in [1.29, 1.82) is 5.26 Å². The molecule has 0 unspecified atom stereocenters. The fourth-order valence-electron chi connectivity index (χ4n) is 4.23. The standard InChI is InChI=1S/C22H25FN6O3/c1-13-18(27-21(31)28-22(2)11-32-12-22)16-6-4-3-5-7-29(16)19(13)20(30)26-14-8-15(10-24)25-17(23)9-14/h8-9H,3-7,11-12H2,1-2H3,(H,25,26,30)(H2,27,28,31). The number of nitrogens with one attached hydrogen (secondary N) is 3. The van der Waals surface area contributed by atoms with E-state index < -0.39 is 17.4 Å². The monoisotopic (exact) mass is 440 g/mol. The number of urea groups is 1. The minimum Gasteiger partial charge on any atom is -0.376 e.